The van der Waals surface area contributed by atoms with E-state index >= 15 is 0 Å². The van der Waals surface area contributed by atoms with Crippen LogP contribution in [0.15, 0.2) is 17.7 Å². The first-order chi connectivity index (χ1) is 6.13. The summed E-state index contributed by atoms with van der Waals surface area (Å²) < 4.78 is 0. The molecule has 0 amide bonds. The second-order valence-electron chi connectivity index (χ2n) is 3.60. The molecule has 0 fully saturated rings. The van der Waals surface area contributed by atoms with Gasteiger partial charge >= 0.3 is 0 Å². The molecule has 0 bridgehead atoms. The predicted molar refractivity (Wildman–Crippen MR) is 60.0 cm³/mol. The lowest BCUT2D eigenvalue weighted by molar-refractivity contribution is 1.17. The van der Waals surface area contributed by atoms with Crippen LogP contribution in [0, 0.1) is 13.0 Å². The lowest BCUT2D eigenvalue weighted by atomic mass is 10.0. The number of hydrogen-bond donors (Lipinski definition) is 0. The van der Waals surface area contributed by atoms with Crippen molar-refractivity contribution in [3.05, 3.63) is 40.5 Å². The quantitative estimate of drug-likeness (QED) is 0.596. The maximum absolute atomic E-state index is 3.71. The highest BCUT2D eigenvalue weighted by molar-refractivity contribution is 9.09. The fraction of sp³-hybridized carbons (Fsp3) is 0.333. The van der Waals surface area contributed by atoms with Crippen LogP contribution < -0.4 is 0 Å². The van der Waals surface area contributed by atoms with E-state index in [0.29, 0.717) is 4.83 Å². The molecule has 0 saturated carbocycles. The minimum absolute atomic E-state index is 0.413. The maximum Gasteiger partial charge on any atom is 0.0613 e. The highest BCUT2D eigenvalue weighted by atomic mass is 79.9. The third kappa shape index (κ3) is 1.18. The number of alkyl halides is 1. The van der Waals surface area contributed by atoms with E-state index in [2.05, 4.69) is 48.8 Å². The average molecular weight is 236 g/mol. The van der Waals surface area contributed by atoms with Gasteiger partial charge in [0.1, 0.15) is 0 Å². The zero-order valence-corrected chi connectivity index (χ0v) is 9.70. The summed E-state index contributed by atoms with van der Waals surface area (Å²) in [6.45, 7) is 6.51. The molecule has 1 aromatic carbocycles. The van der Waals surface area contributed by atoms with Crippen molar-refractivity contribution in [3.8, 4) is 0 Å². The third-order valence-electron chi connectivity index (χ3n) is 2.85. The van der Waals surface area contributed by atoms with Gasteiger partial charge in [-0.3, -0.25) is 0 Å². The van der Waals surface area contributed by atoms with Crippen LogP contribution in [0.5, 0.6) is 0 Å². The summed E-state index contributed by atoms with van der Waals surface area (Å²) in [6.07, 6.45) is 0. The molecule has 0 aliphatic heterocycles. The van der Waals surface area contributed by atoms with Gasteiger partial charge in [0.05, 0.1) is 4.83 Å². The number of hydrogen-bond acceptors (Lipinski definition) is 0. The molecular formula is C12H12Br. The number of benzene rings is 1. The Morgan fingerprint density at radius 1 is 1.31 bits per heavy atom. The Morgan fingerprint density at radius 2 is 2.00 bits per heavy atom. The van der Waals surface area contributed by atoms with Crippen LogP contribution in [0.3, 0.4) is 0 Å². The molecule has 1 heteroatoms. The summed E-state index contributed by atoms with van der Waals surface area (Å²) in [5, 5.41) is 0. The van der Waals surface area contributed by atoms with Gasteiger partial charge in [-0.1, -0.05) is 33.6 Å². The number of allylic oxidation sites excluding steroid dienone is 2. The summed E-state index contributed by atoms with van der Waals surface area (Å²) in [6, 6.07) is 7.41. The van der Waals surface area contributed by atoms with Gasteiger partial charge in [0, 0.05) is 0 Å². The fourth-order valence-corrected chi connectivity index (χ4v) is 2.68. The van der Waals surface area contributed by atoms with E-state index in [1.54, 1.807) is 0 Å². The van der Waals surface area contributed by atoms with Crippen molar-refractivity contribution < 1.29 is 0 Å². The molecule has 1 radical (unpaired) electrons. The zero-order chi connectivity index (χ0) is 9.59. The Balaban J connectivity index is 2.72. The predicted octanol–water partition coefficient (Wildman–Crippen LogP) is 4.04. The third-order valence-corrected chi connectivity index (χ3v) is 4.03. The number of fused-ring (bicyclic) bond motifs is 1. The van der Waals surface area contributed by atoms with Gasteiger partial charge in [-0.2, -0.15) is 0 Å². The van der Waals surface area contributed by atoms with Gasteiger partial charge < -0.3 is 0 Å². The first-order valence-electron chi connectivity index (χ1n) is 4.46. The van der Waals surface area contributed by atoms with Crippen molar-refractivity contribution in [2.24, 2.45) is 0 Å². The normalized spacial score (nSPS) is 20.8. The molecule has 0 spiro atoms. The highest BCUT2D eigenvalue weighted by Crippen LogP contribution is 2.45. The van der Waals surface area contributed by atoms with Gasteiger partial charge in [0.25, 0.3) is 0 Å². The standard InChI is InChI=1S/C12H12Br/c1-7-5-4-6-10-11(7)8(2)9(3)12(10)13/h4,6,12H,1-3H3. The van der Waals surface area contributed by atoms with E-state index in [1.165, 1.54) is 27.8 Å². The van der Waals surface area contributed by atoms with E-state index in [-0.39, 0.29) is 0 Å². The van der Waals surface area contributed by atoms with Gasteiger partial charge in [0.15, 0.2) is 0 Å². The minimum Gasteiger partial charge on any atom is -0.0790 e. The van der Waals surface area contributed by atoms with Gasteiger partial charge in [-0.05, 0) is 49.1 Å². The summed E-state index contributed by atoms with van der Waals surface area (Å²) >= 11 is 3.71. The number of halogens is 1. The van der Waals surface area contributed by atoms with Gasteiger partial charge in [-0.25, -0.2) is 0 Å². The Labute approximate surface area is 87.8 Å². The zero-order valence-electron chi connectivity index (χ0n) is 8.11. The Morgan fingerprint density at radius 3 is 2.62 bits per heavy atom. The highest BCUT2D eigenvalue weighted by Gasteiger charge is 2.24. The Bertz CT molecular complexity index is 388. The van der Waals surface area contributed by atoms with Crippen molar-refractivity contribution in [3.63, 3.8) is 0 Å². The number of aryl methyl sites for hydroxylation is 1. The minimum atomic E-state index is 0.413. The van der Waals surface area contributed by atoms with E-state index in [0.717, 1.165) is 0 Å². The molecular weight excluding hydrogens is 224 g/mol. The number of rotatable bonds is 0. The first-order valence-corrected chi connectivity index (χ1v) is 5.37. The van der Waals surface area contributed by atoms with Crippen molar-refractivity contribution in [1.82, 2.24) is 0 Å². The van der Waals surface area contributed by atoms with Crippen molar-refractivity contribution >= 4 is 21.5 Å². The fourth-order valence-electron chi connectivity index (χ4n) is 1.96. The summed E-state index contributed by atoms with van der Waals surface area (Å²) in [5.74, 6) is 0. The summed E-state index contributed by atoms with van der Waals surface area (Å²) in [4.78, 5) is 0.413. The topological polar surface area (TPSA) is 0 Å². The molecule has 1 aliphatic carbocycles. The lowest BCUT2D eigenvalue weighted by Gasteiger charge is -2.06. The van der Waals surface area contributed by atoms with Crippen LogP contribution in [0.4, 0.5) is 0 Å². The van der Waals surface area contributed by atoms with E-state index in [4.69, 9.17) is 0 Å². The second kappa shape index (κ2) is 2.98. The van der Waals surface area contributed by atoms with Gasteiger partial charge in [-0.15, -0.1) is 0 Å². The molecule has 67 valence electrons. The smallest absolute Gasteiger partial charge is 0.0613 e. The molecule has 0 aromatic heterocycles. The van der Waals surface area contributed by atoms with E-state index < -0.39 is 0 Å². The summed E-state index contributed by atoms with van der Waals surface area (Å²) in [7, 11) is 0. The molecule has 1 aliphatic rings. The molecule has 0 saturated heterocycles. The van der Waals surface area contributed by atoms with Crippen LogP contribution in [0.2, 0.25) is 0 Å². The van der Waals surface area contributed by atoms with Crippen LogP contribution in [-0.4, -0.2) is 0 Å². The molecule has 1 aromatic rings. The molecule has 0 heterocycles. The van der Waals surface area contributed by atoms with Crippen LogP contribution in [-0.2, 0) is 0 Å². The first kappa shape index (κ1) is 9.01. The van der Waals surface area contributed by atoms with Crippen LogP contribution >= 0.6 is 15.9 Å². The van der Waals surface area contributed by atoms with Gasteiger partial charge in [0.2, 0.25) is 0 Å². The molecule has 0 nitrogen and oxygen atoms in total. The molecule has 13 heavy (non-hydrogen) atoms. The monoisotopic (exact) mass is 235 g/mol. The van der Waals surface area contributed by atoms with Crippen LogP contribution in [0.1, 0.15) is 35.4 Å². The summed E-state index contributed by atoms with van der Waals surface area (Å²) in [5.41, 5.74) is 6.88. The largest absolute Gasteiger partial charge is 0.0790 e. The van der Waals surface area contributed by atoms with Crippen molar-refractivity contribution in [2.45, 2.75) is 25.6 Å². The van der Waals surface area contributed by atoms with Crippen LogP contribution in [0.25, 0.3) is 5.57 Å². The second-order valence-corrected chi connectivity index (χ2v) is 4.52. The maximum atomic E-state index is 3.71. The Kier molecular flexibility index (Phi) is 2.07. The molecule has 1 unspecified atom stereocenters. The van der Waals surface area contributed by atoms with Crippen molar-refractivity contribution in [1.29, 1.82) is 0 Å². The van der Waals surface area contributed by atoms with E-state index in [9.17, 15) is 0 Å². The average Bonchev–Trinajstić information content (AvgIpc) is 2.33. The molecule has 0 N–H and O–H groups in total. The molecule has 2 rings (SSSR count). The van der Waals surface area contributed by atoms with E-state index in [1.807, 2.05) is 6.07 Å². The van der Waals surface area contributed by atoms with Crippen molar-refractivity contribution in [2.75, 3.05) is 0 Å². The molecule has 1 atom stereocenters. The lowest BCUT2D eigenvalue weighted by Crippen LogP contribution is -1.88. The Hall–Kier alpha value is -0.560. The SMILES string of the molecule is CC1=C(C)C(Br)c2cc[c]c(C)c21.